The molecule has 0 aromatic heterocycles. The molecule has 2 N–H and O–H groups in total. The van der Waals surface area contributed by atoms with E-state index in [4.69, 9.17) is 5.26 Å². The van der Waals surface area contributed by atoms with Gasteiger partial charge in [0, 0.05) is 12.2 Å². The van der Waals surface area contributed by atoms with E-state index in [1.54, 1.807) is 24.3 Å². The Labute approximate surface area is 142 Å². The summed E-state index contributed by atoms with van der Waals surface area (Å²) in [6.07, 6.45) is 0. The van der Waals surface area contributed by atoms with Gasteiger partial charge in [-0.05, 0) is 44.8 Å². The first-order valence-corrected chi connectivity index (χ1v) is 7.77. The van der Waals surface area contributed by atoms with Gasteiger partial charge in [0.1, 0.15) is 0 Å². The number of aryl methyl sites for hydroxylation is 1. The van der Waals surface area contributed by atoms with Crippen molar-refractivity contribution in [2.24, 2.45) is 0 Å². The lowest BCUT2D eigenvalue weighted by molar-refractivity contribution is 0.243. The Bertz CT molecular complexity index is 732. The molecule has 1 atom stereocenters. The van der Waals surface area contributed by atoms with Gasteiger partial charge >= 0.3 is 6.03 Å². The number of nitrogens with zero attached hydrogens (tertiary/aromatic N) is 2. The van der Waals surface area contributed by atoms with Gasteiger partial charge in [-0.3, -0.25) is 0 Å². The predicted octanol–water partition coefficient (Wildman–Crippen LogP) is 3.29. The molecule has 0 aliphatic heterocycles. The van der Waals surface area contributed by atoms with Gasteiger partial charge in [0.15, 0.2) is 0 Å². The van der Waals surface area contributed by atoms with E-state index in [0.717, 1.165) is 5.56 Å². The highest BCUT2D eigenvalue weighted by Gasteiger charge is 2.15. The number of hydrogen-bond acceptors (Lipinski definition) is 3. The Balaban J connectivity index is 1.97. The number of carbonyl (C=O) groups is 1. The van der Waals surface area contributed by atoms with E-state index in [2.05, 4.69) is 52.8 Å². The molecule has 24 heavy (non-hydrogen) atoms. The monoisotopic (exact) mass is 322 g/mol. The standard InChI is InChI=1S/C19H22N4O/c1-14-7-9-16(10-8-14)18(23(2)3)13-21-19(24)22-17-6-4-5-15(11-17)12-20/h4-11,18H,13H2,1-3H3,(H2,21,22,24)/t18-/m1/s1. The number of carbonyl (C=O) groups excluding carboxylic acids is 1. The fraction of sp³-hybridized carbons (Fsp3) is 0.263. The highest BCUT2D eigenvalue weighted by Crippen LogP contribution is 2.18. The molecule has 0 radical (unpaired) electrons. The van der Waals surface area contributed by atoms with Crippen molar-refractivity contribution in [2.45, 2.75) is 13.0 Å². The van der Waals surface area contributed by atoms with Gasteiger partial charge in [-0.25, -0.2) is 4.79 Å². The normalized spacial score (nSPS) is 11.6. The van der Waals surface area contributed by atoms with E-state index in [1.165, 1.54) is 5.56 Å². The van der Waals surface area contributed by atoms with Crippen LogP contribution in [0.15, 0.2) is 48.5 Å². The van der Waals surface area contributed by atoms with Crippen molar-refractivity contribution in [3.05, 3.63) is 65.2 Å². The summed E-state index contributed by atoms with van der Waals surface area (Å²) in [4.78, 5) is 14.2. The second-order valence-corrected chi connectivity index (χ2v) is 5.92. The summed E-state index contributed by atoms with van der Waals surface area (Å²) in [5, 5.41) is 14.5. The molecule has 0 saturated carbocycles. The summed E-state index contributed by atoms with van der Waals surface area (Å²) in [6.45, 7) is 2.54. The first kappa shape index (κ1) is 17.5. The lowest BCUT2D eigenvalue weighted by Gasteiger charge is -2.25. The van der Waals surface area contributed by atoms with E-state index in [-0.39, 0.29) is 12.1 Å². The van der Waals surface area contributed by atoms with E-state index in [1.807, 2.05) is 14.1 Å². The number of hydrogen-bond donors (Lipinski definition) is 2. The molecule has 2 rings (SSSR count). The second-order valence-electron chi connectivity index (χ2n) is 5.92. The minimum Gasteiger partial charge on any atom is -0.336 e. The molecule has 0 fully saturated rings. The summed E-state index contributed by atoms with van der Waals surface area (Å²) in [5.74, 6) is 0. The summed E-state index contributed by atoms with van der Waals surface area (Å²) in [5.41, 5.74) is 3.47. The molecule has 2 aromatic rings. The average Bonchev–Trinajstić information content (AvgIpc) is 2.56. The van der Waals surface area contributed by atoms with Gasteiger partial charge in [0.05, 0.1) is 17.7 Å². The largest absolute Gasteiger partial charge is 0.336 e. The summed E-state index contributed by atoms with van der Waals surface area (Å²) in [6, 6.07) is 17.0. The summed E-state index contributed by atoms with van der Waals surface area (Å²) < 4.78 is 0. The minimum absolute atomic E-state index is 0.0850. The van der Waals surface area contributed by atoms with Crippen LogP contribution in [0.2, 0.25) is 0 Å². The molecule has 0 aliphatic carbocycles. The fourth-order valence-electron chi connectivity index (χ4n) is 2.42. The topological polar surface area (TPSA) is 68.2 Å². The van der Waals surface area contributed by atoms with Crippen LogP contribution in [-0.4, -0.2) is 31.6 Å². The number of benzene rings is 2. The highest BCUT2D eigenvalue weighted by atomic mass is 16.2. The van der Waals surface area contributed by atoms with Crippen LogP contribution in [0.25, 0.3) is 0 Å². The third-order valence-corrected chi connectivity index (χ3v) is 3.79. The number of likely N-dealkylation sites (N-methyl/N-ethyl adjacent to an activating group) is 1. The van der Waals surface area contributed by atoms with Crippen LogP contribution in [0.5, 0.6) is 0 Å². The molecule has 0 saturated heterocycles. The first-order chi connectivity index (χ1) is 11.5. The molecular formula is C19H22N4O. The van der Waals surface area contributed by atoms with Crippen molar-refractivity contribution >= 4 is 11.7 Å². The molecule has 0 unspecified atom stereocenters. The van der Waals surface area contributed by atoms with Crippen molar-refractivity contribution in [2.75, 3.05) is 26.0 Å². The van der Waals surface area contributed by atoms with Crippen LogP contribution in [0.3, 0.4) is 0 Å². The maximum absolute atomic E-state index is 12.1. The Morgan fingerprint density at radius 3 is 2.54 bits per heavy atom. The van der Waals surface area contributed by atoms with Gasteiger partial charge in [-0.15, -0.1) is 0 Å². The van der Waals surface area contributed by atoms with Crippen molar-refractivity contribution in [3.63, 3.8) is 0 Å². The first-order valence-electron chi connectivity index (χ1n) is 7.77. The van der Waals surface area contributed by atoms with Gasteiger partial charge < -0.3 is 15.5 Å². The van der Waals surface area contributed by atoms with E-state index in [0.29, 0.717) is 17.8 Å². The number of amides is 2. The lowest BCUT2D eigenvalue weighted by Crippen LogP contribution is -2.36. The van der Waals surface area contributed by atoms with Crippen LogP contribution >= 0.6 is 0 Å². The van der Waals surface area contributed by atoms with E-state index < -0.39 is 0 Å². The predicted molar refractivity (Wildman–Crippen MR) is 95.8 cm³/mol. The number of anilines is 1. The molecular weight excluding hydrogens is 300 g/mol. The molecule has 5 heteroatoms. The molecule has 0 aliphatic rings. The second kappa shape index (κ2) is 8.14. The van der Waals surface area contributed by atoms with Crippen molar-refractivity contribution in [1.29, 1.82) is 5.26 Å². The molecule has 2 aromatic carbocycles. The number of nitrogens with one attached hydrogen (secondary N) is 2. The quantitative estimate of drug-likeness (QED) is 0.887. The molecule has 2 amide bonds. The average molecular weight is 322 g/mol. The molecule has 0 heterocycles. The van der Waals surface area contributed by atoms with Crippen LogP contribution in [0.4, 0.5) is 10.5 Å². The highest BCUT2D eigenvalue weighted by molar-refractivity contribution is 5.89. The van der Waals surface area contributed by atoms with E-state index >= 15 is 0 Å². The maximum Gasteiger partial charge on any atom is 0.319 e. The zero-order valence-corrected chi connectivity index (χ0v) is 14.2. The summed E-state index contributed by atoms with van der Waals surface area (Å²) >= 11 is 0. The van der Waals surface area contributed by atoms with Crippen LogP contribution in [0.1, 0.15) is 22.7 Å². The SMILES string of the molecule is Cc1ccc([C@@H](CNC(=O)Nc2cccc(C#N)c2)N(C)C)cc1. The van der Waals surface area contributed by atoms with Gasteiger partial charge in [0.2, 0.25) is 0 Å². The van der Waals surface area contributed by atoms with Gasteiger partial charge in [-0.2, -0.15) is 5.26 Å². The number of rotatable bonds is 5. The van der Waals surface area contributed by atoms with Crippen molar-refractivity contribution < 1.29 is 4.79 Å². The zero-order chi connectivity index (χ0) is 17.5. The molecule has 5 nitrogen and oxygen atoms in total. The third-order valence-electron chi connectivity index (χ3n) is 3.79. The lowest BCUT2D eigenvalue weighted by atomic mass is 10.0. The Morgan fingerprint density at radius 2 is 1.92 bits per heavy atom. The maximum atomic E-state index is 12.1. The Hall–Kier alpha value is -2.84. The number of nitriles is 1. The third kappa shape index (κ3) is 4.83. The Morgan fingerprint density at radius 1 is 1.21 bits per heavy atom. The molecule has 124 valence electrons. The fourth-order valence-corrected chi connectivity index (χ4v) is 2.42. The minimum atomic E-state index is -0.288. The van der Waals surface area contributed by atoms with Crippen LogP contribution in [0, 0.1) is 18.3 Å². The Kier molecular flexibility index (Phi) is 5.94. The smallest absolute Gasteiger partial charge is 0.319 e. The zero-order valence-electron chi connectivity index (χ0n) is 14.2. The van der Waals surface area contributed by atoms with Crippen molar-refractivity contribution in [3.8, 4) is 6.07 Å². The van der Waals surface area contributed by atoms with Crippen LogP contribution in [-0.2, 0) is 0 Å². The molecule has 0 bridgehead atoms. The number of urea groups is 1. The van der Waals surface area contributed by atoms with Crippen molar-refractivity contribution in [1.82, 2.24) is 10.2 Å². The van der Waals surface area contributed by atoms with Gasteiger partial charge in [0.25, 0.3) is 0 Å². The summed E-state index contributed by atoms with van der Waals surface area (Å²) in [7, 11) is 3.97. The van der Waals surface area contributed by atoms with E-state index in [9.17, 15) is 4.79 Å². The molecule has 0 spiro atoms. The van der Waals surface area contributed by atoms with Crippen LogP contribution < -0.4 is 10.6 Å². The van der Waals surface area contributed by atoms with Gasteiger partial charge in [-0.1, -0.05) is 35.9 Å².